The molecule has 0 aromatic heterocycles. The fourth-order valence-electron chi connectivity index (χ4n) is 2.91. The normalized spacial score (nSPS) is 11.3. The third-order valence-electron chi connectivity index (χ3n) is 4.08. The zero-order chi connectivity index (χ0) is 18.8. The van der Waals surface area contributed by atoms with Gasteiger partial charge in [0.25, 0.3) is 0 Å². The molecule has 3 aromatic rings. The number of aryl methyl sites for hydroxylation is 1. The molecule has 0 aliphatic heterocycles. The average molecular weight is 366 g/mol. The van der Waals surface area contributed by atoms with E-state index in [2.05, 4.69) is 4.74 Å². The van der Waals surface area contributed by atoms with Crippen LogP contribution in [0.4, 0.5) is 22.0 Å². The number of rotatable bonds is 5. The summed E-state index contributed by atoms with van der Waals surface area (Å²) in [6, 6.07) is 9.89. The van der Waals surface area contributed by atoms with Crippen LogP contribution in [-0.4, -0.2) is 6.61 Å². The minimum Gasteiger partial charge on any atom is -0.429 e. The highest BCUT2D eigenvalue weighted by atomic mass is 19.3. The van der Waals surface area contributed by atoms with Crippen molar-refractivity contribution in [1.82, 2.24) is 0 Å². The fraction of sp³-hybridized carbons (Fsp3) is 0.200. The van der Waals surface area contributed by atoms with Crippen LogP contribution in [0.25, 0.3) is 21.9 Å². The number of alkyl halides is 2. The Bertz CT molecular complexity index is 953. The Morgan fingerprint density at radius 2 is 1.69 bits per heavy atom. The highest BCUT2D eigenvalue weighted by Gasteiger charge is 2.19. The molecule has 0 bridgehead atoms. The van der Waals surface area contributed by atoms with E-state index >= 15 is 0 Å². The van der Waals surface area contributed by atoms with E-state index in [1.54, 1.807) is 12.1 Å². The highest BCUT2D eigenvalue weighted by Crippen LogP contribution is 2.34. The van der Waals surface area contributed by atoms with Crippen LogP contribution in [0.15, 0.2) is 42.5 Å². The van der Waals surface area contributed by atoms with Gasteiger partial charge in [0.1, 0.15) is 5.82 Å². The molecule has 0 fully saturated rings. The van der Waals surface area contributed by atoms with Crippen LogP contribution < -0.4 is 4.74 Å². The number of hydrogen-bond acceptors (Lipinski definition) is 1. The third-order valence-corrected chi connectivity index (χ3v) is 4.08. The van der Waals surface area contributed by atoms with Gasteiger partial charge >= 0.3 is 6.61 Å². The van der Waals surface area contributed by atoms with Crippen molar-refractivity contribution in [2.75, 3.05) is 0 Å². The van der Waals surface area contributed by atoms with Crippen LogP contribution in [0.5, 0.6) is 5.75 Å². The van der Waals surface area contributed by atoms with E-state index in [1.165, 1.54) is 24.3 Å². The van der Waals surface area contributed by atoms with Crippen LogP contribution in [0.3, 0.4) is 0 Å². The van der Waals surface area contributed by atoms with Gasteiger partial charge in [0.2, 0.25) is 0 Å². The summed E-state index contributed by atoms with van der Waals surface area (Å²) in [5, 5.41) is 0.0324. The smallest absolute Gasteiger partial charge is 0.387 e. The first-order chi connectivity index (χ1) is 12.4. The molecular weight excluding hydrogens is 351 g/mol. The third kappa shape index (κ3) is 3.49. The lowest BCUT2D eigenvalue weighted by atomic mass is 9.98. The predicted octanol–water partition coefficient (Wildman–Crippen LogP) is 6.48. The van der Waals surface area contributed by atoms with Gasteiger partial charge in [0.15, 0.2) is 17.4 Å². The maximum Gasteiger partial charge on any atom is 0.387 e. The molecule has 0 atom stereocenters. The lowest BCUT2D eigenvalue weighted by Gasteiger charge is -2.11. The zero-order valence-electron chi connectivity index (χ0n) is 13.8. The second-order valence-electron chi connectivity index (χ2n) is 5.88. The number of hydrogen-bond donors (Lipinski definition) is 0. The van der Waals surface area contributed by atoms with Crippen LogP contribution in [0, 0.1) is 17.5 Å². The molecule has 0 heterocycles. The van der Waals surface area contributed by atoms with E-state index in [1.807, 2.05) is 6.92 Å². The molecule has 1 nitrogen and oxygen atoms in total. The molecule has 0 unspecified atom stereocenters. The van der Waals surface area contributed by atoms with Crippen LogP contribution >= 0.6 is 0 Å². The molecule has 0 N–H and O–H groups in total. The molecule has 26 heavy (non-hydrogen) atoms. The summed E-state index contributed by atoms with van der Waals surface area (Å²) in [6.07, 6.45) is 1.63. The van der Waals surface area contributed by atoms with Gasteiger partial charge in [0.05, 0.1) is 0 Å². The Morgan fingerprint density at radius 3 is 2.35 bits per heavy atom. The predicted molar refractivity (Wildman–Crippen MR) is 89.9 cm³/mol. The van der Waals surface area contributed by atoms with Gasteiger partial charge in [-0.1, -0.05) is 37.6 Å². The summed E-state index contributed by atoms with van der Waals surface area (Å²) in [6.45, 7) is -1.35. The Morgan fingerprint density at radius 1 is 0.923 bits per heavy atom. The molecule has 136 valence electrons. The molecule has 0 spiro atoms. The number of ether oxygens (including phenoxy) is 1. The monoisotopic (exact) mass is 366 g/mol. The minimum absolute atomic E-state index is 0.0891. The van der Waals surface area contributed by atoms with Crippen molar-refractivity contribution in [1.29, 1.82) is 0 Å². The molecule has 0 radical (unpaired) electrons. The molecule has 0 saturated carbocycles. The molecule has 3 aromatic carbocycles. The summed E-state index contributed by atoms with van der Waals surface area (Å²) < 4.78 is 71.1. The van der Waals surface area contributed by atoms with E-state index in [0.717, 1.165) is 24.5 Å². The van der Waals surface area contributed by atoms with Gasteiger partial charge in [-0.25, -0.2) is 13.2 Å². The Kier molecular flexibility index (Phi) is 5.11. The summed E-state index contributed by atoms with van der Waals surface area (Å²) in [7, 11) is 0. The Labute approximate surface area is 147 Å². The van der Waals surface area contributed by atoms with Crippen molar-refractivity contribution in [2.45, 2.75) is 26.4 Å². The van der Waals surface area contributed by atoms with Gasteiger partial charge in [0, 0.05) is 10.9 Å². The molecular formula is C20H15F5O. The number of halogens is 5. The second kappa shape index (κ2) is 7.32. The molecule has 3 rings (SSSR count). The quantitative estimate of drug-likeness (QED) is 0.470. The molecule has 0 aliphatic rings. The Hall–Kier alpha value is -2.63. The van der Waals surface area contributed by atoms with E-state index in [4.69, 9.17) is 0 Å². The van der Waals surface area contributed by atoms with Crippen molar-refractivity contribution in [3.8, 4) is 16.9 Å². The Balaban J connectivity index is 2.07. The largest absolute Gasteiger partial charge is 0.429 e. The summed E-state index contributed by atoms with van der Waals surface area (Å²) in [5.74, 6) is -4.03. The van der Waals surface area contributed by atoms with Crippen LogP contribution in [0.2, 0.25) is 0 Å². The van der Waals surface area contributed by atoms with Crippen molar-refractivity contribution in [2.24, 2.45) is 0 Å². The first-order valence-electron chi connectivity index (χ1n) is 8.06. The first-order valence-corrected chi connectivity index (χ1v) is 8.06. The van der Waals surface area contributed by atoms with E-state index in [9.17, 15) is 22.0 Å². The van der Waals surface area contributed by atoms with Crippen molar-refractivity contribution >= 4 is 10.8 Å². The van der Waals surface area contributed by atoms with E-state index in [-0.39, 0.29) is 10.8 Å². The lowest BCUT2D eigenvalue weighted by molar-refractivity contribution is -0.0544. The van der Waals surface area contributed by atoms with Crippen LogP contribution in [-0.2, 0) is 6.42 Å². The summed E-state index contributed by atoms with van der Waals surface area (Å²) >= 11 is 0. The topological polar surface area (TPSA) is 9.23 Å². The SMILES string of the molecule is CCCc1ccc(-c2ccc3c(F)c(OC(F)F)c(F)cc3c2)c(F)c1. The first kappa shape index (κ1) is 18.2. The molecule has 6 heteroatoms. The summed E-state index contributed by atoms with van der Waals surface area (Å²) in [4.78, 5) is 0. The molecule has 0 amide bonds. The lowest BCUT2D eigenvalue weighted by Crippen LogP contribution is -2.06. The standard InChI is InChI=1S/C20H15F5O/c1-2-3-11-4-6-14(16(21)8-11)12-5-7-15-13(9-12)10-17(22)19(18(15)23)26-20(24)25/h4-10,20H,2-3H2,1H3. The van der Waals surface area contributed by atoms with Crippen molar-refractivity contribution in [3.63, 3.8) is 0 Å². The molecule has 0 aliphatic carbocycles. The second-order valence-corrected chi connectivity index (χ2v) is 5.88. The summed E-state index contributed by atoms with van der Waals surface area (Å²) in [5.41, 5.74) is 1.58. The van der Waals surface area contributed by atoms with Crippen LogP contribution in [0.1, 0.15) is 18.9 Å². The minimum atomic E-state index is -3.34. The van der Waals surface area contributed by atoms with Gasteiger partial charge in [-0.2, -0.15) is 8.78 Å². The number of fused-ring (bicyclic) bond motifs is 1. The highest BCUT2D eigenvalue weighted by molar-refractivity contribution is 5.89. The van der Waals surface area contributed by atoms with Gasteiger partial charge in [-0.3, -0.25) is 0 Å². The average Bonchev–Trinajstić information content (AvgIpc) is 2.58. The number of benzene rings is 3. The van der Waals surface area contributed by atoms with Gasteiger partial charge in [-0.15, -0.1) is 0 Å². The fourth-order valence-corrected chi connectivity index (χ4v) is 2.91. The molecule has 0 saturated heterocycles. The van der Waals surface area contributed by atoms with Crippen molar-refractivity contribution < 1.29 is 26.7 Å². The van der Waals surface area contributed by atoms with Crippen molar-refractivity contribution in [3.05, 3.63) is 65.5 Å². The maximum absolute atomic E-state index is 14.4. The zero-order valence-corrected chi connectivity index (χ0v) is 13.8. The van der Waals surface area contributed by atoms with Gasteiger partial charge < -0.3 is 4.74 Å². The van der Waals surface area contributed by atoms with E-state index in [0.29, 0.717) is 11.1 Å². The van der Waals surface area contributed by atoms with E-state index < -0.39 is 29.8 Å². The maximum atomic E-state index is 14.4. The van der Waals surface area contributed by atoms with Gasteiger partial charge in [-0.05, 0) is 41.1 Å².